The Morgan fingerprint density at radius 1 is 1.56 bits per heavy atom. The van der Waals surface area contributed by atoms with E-state index in [1.807, 2.05) is 14.0 Å². The molecule has 0 aromatic carbocycles. The van der Waals surface area contributed by atoms with Gasteiger partial charge >= 0.3 is 0 Å². The molecule has 3 N–H and O–H groups in total. The summed E-state index contributed by atoms with van der Waals surface area (Å²) in [6.07, 6.45) is 1.02. The molecule has 0 bridgehead atoms. The predicted molar refractivity (Wildman–Crippen MR) is 61.1 cm³/mol. The lowest BCUT2D eigenvalue weighted by Crippen LogP contribution is -2.43. The van der Waals surface area contributed by atoms with Crippen LogP contribution in [-0.4, -0.2) is 50.0 Å². The normalized spacial score (nSPS) is 26.7. The number of ether oxygens (including phenoxy) is 1. The highest BCUT2D eigenvalue weighted by molar-refractivity contribution is 5.79. The molecule has 1 aliphatic rings. The number of amides is 1. The number of hydrogen-bond donors (Lipinski definition) is 3. The lowest BCUT2D eigenvalue weighted by atomic mass is 10.0. The van der Waals surface area contributed by atoms with Crippen molar-refractivity contribution in [2.24, 2.45) is 5.92 Å². The van der Waals surface area contributed by atoms with Crippen molar-refractivity contribution in [3.8, 4) is 0 Å². The van der Waals surface area contributed by atoms with E-state index in [-0.39, 0.29) is 24.0 Å². The van der Waals surface area contributed by atoms with Gasteiger partial charge in [-0.1, -0.05) is 6.92 Å². The molecule has 3 atom stereocenters. The maximum atomic E-state index is 11.8. The summed E-state index contributed by atoms with van der Waals surface area (Å²) in [5.74, 6) is -0.0936. The molecule has 94 valence electrons. The van der Waals surface area contributed by atoms with E-state index in [0.717, 1.165) is 6.42 Å². The number of rotatable bonds is 6. The molecule has 1 heterocycles. The molecule has 1 fully saturated rings. The lowest BCUT2D eigenvalue weighted by molar-refractivity contribution is -0.125. The summed E-state index contributed by atoms with van der Waals surface area (Å²) in [5, 5.41) is 15.3. The molecule has 1 saturated heterocycles. The van der Waals surface area contributed by atoms with Crippen LogP contribution in [0.25, 0.3) is 0 Å². The van der Waals surface area contributed by atoms with Gasteiger partial charge in [0.2, 0.25) is 5.91 Å². The fraction of sp³-hybridized carbons (Fsp3) is 0.909. The molecule has 1 amide bonds. The maximum Gasteiger partial charge on any atom is 0.227 e. The highest BCUT2D eigenvalue weighted by Crippen LogP contribution is 2.13. The fourth-order valence-corrected chi connectivity index (χ4v) is 1.79. The molecule has 0 aromatic heterocycles. The smallest absolute Gasteiger partial charge is 0.227 e. The van der Waals surface area contributed by atoms with Gasteiger partial charge in [0.05, 0.1) is 25.2 Å². The van der Waals surface area contributed by atoms with E-state index in [1.54, 1.807) is 0 Å². The Hall–Kier alpha value is -0.650. The molecule has 1 rings (SSSR count). The van der Waals surface area contributed by atoms with Crippen molar-refractivity contribution < 1.29 is 14.6 Å². The number of hydrogen-bond acceptors (Lipinski definition) is 4. The van der Waals surface area contributed by atoms with E-state index in [1.165, 1.54) is 0 Å². The molecule has 0 saturated carbocycles. The van der Waals surface area contributed by atoms with Gasteiger partial charge in [0.15, 0.2) is 0 Å². The first-order valence-electron chi connectivity index (χ1n) is 5.89. The molecule has 0 radical (unpaired) electrons. The zero-order valence-electron chi connectivity index (χ0n) is 10.0. The monoisotopic (exact) mass is 230 g/mol. The highest BCUT2D eigenvalue weighted by atomic mass is 16.5. The lowest BCUT2D eigenvalue weighted by Gasteiger charge is -2.17. The van der Waals surface area contributed by atoms with Gasteiger partial charge in [0, 0.05) is 12.6 Å². The van der Waals surface area contributed by atoms with E-state index < -0.39 is 0 Å². The van der Waals surface area contributed by atoms with Crippen LogP contribution < -0.4 is 10.6 Å². The third kappa shape index (κ3) is 3.73. The molecule has 0 spiro atoms. The van der Waals surface area contributed by atoms with Gasteiger partial charge < -0.3 is 20.5 Å². The van der Waals surface area contributed by atoms with Crippen molar-refractivity contribution in [3.63, 3.8) is 0 Å². The van der Waals surface area contributed by atoms with Crippen molar-refractivity contribution in [2.75, 3.05) is 26.8 Å². The topological polar surface area (TPSA) is 70.6 Å². The Balaban J connectivity index is 2.24. The first-order chi connectivity index (χ1) is 7.69. The summed E-state index contributed by atoms with van der Waals surface area (Å²) in [6.45, 7) is 3.52. The molecule has 16 heavy (non-hydrogen) atoms. The first kappa shape index (κ1) is 13.4. The maximum absolute atomic E-state index is 11.8. The van der Waals surface area contributed by atoms with Crippen LogP contribution in [0.15, 0.2) is 0 Å². The zero-order valence-corrected chi connectivity index (χ0v) is 10.0. The van der Waals surface area contributed by atoms with Crippen LogP contribution in [0.5, 0.6) is 0 Å². The Kier molecular flexibility index (Phi) is 5.73. The molecule has 5 heteroatoms. The van der Waals surface area contributed by atoms with Crippen LogP contribution in [0.4, 0.5) is 0 Å². The number of aliphatic hydroxyl groups is 1. The van der Waals surface area contributed by atoms with E-state index in [0.29, 0.717) is 26.2 Å². The number of nitrogens with one attached hydrogen (secondary N) is 2. The van der Waals surface area contributed by atoms with Crippen LogP contribution in [-0.2, 0) is 9.53 Å². The summed E-state index contributed by atoms with van der Waals surface area (Å²) in [7, 11) is 1.83. The summed E-state index contributed by atoms with van der Waals surface area (Å²) in [4.78, 5) is 11.8. The molecule has 1 aliphatic heterocycles. The average molecular weight is 230 g/mol. The SMILES string of the molecule is CCC(O)CCNC(=O)C1COCC1NC. The third-order valence-electron chi connectivity index (χ3n) is 3.04. The summed E-state index contributed by atoms with van der Waals surface area (Å²) in [5.41, 5.74) is 0. The van der Waals surface area contributed by atoms with Gasteiger partial charge in [-0.05, 0) is 19.9 Å². The van der Waals surface area contributed by atoms with Gasteiger partial charge in [-0.15, -0.1) is 0 Å². The number of carbonyl (C=O) groups is 1. The van der Waals surface area contributed by atoms with Gasteiger partial charge in [-0.25, -0.2) is 0 Å². The van der Waals surface area contributed by atoms with Crippen molar-refractivity contribution in [3.05, 3.63) is 0 Å². The second-order valence-electron chi connectivity index (χ2n) is 4.18. The van der Waals surface area contributed by atoms with Crippen LogP contribution in [0.3, 0.4) is 0 Å². The summed E-state index contributed by atoms with van der Waals surface area (Å²) >= 11 is 0. The first-order valence-corrected chi connectivity index (χ1v) is 5.89. The number of likely N-dealkylation sites (N-methyl/N-ethyl adjacent to an activating group) is 1. The van der Waals surface area contributed by atoms with Gasteiger partial charge in [-0.3, -0.25) is 4.79 Å². The van der Waals surface area contributed by atoms with Crippen LogP contribution in [0.2, 0.25) is 0 Å². The van der Waals surface area contributed by atoms with Crippen molar-refractivity contribution in [1.82, 2.24) is 10.6 Å². The van der Waals surface area contributed by atoms with E-state index in [2.05, 4.69) is 10.6 Å². The molecule has 5 nitrogen and oxygen atoms in total. The quantitative estimate of drug-likeness (QED) is 0.575. The number of aliphatic hydroxyl groups excluding tert-OH is 1. The average Bonchev–Trinajstić information content (AvgIpc) is 2.76. The second kappa shape index (κ2) is 6.83. The number of carbonyl (C=O) groups excluding carboxylic acids is 1. The minimum Gasteiger partial charge on any atom is -0.393 e. The van der Waals surface area contributed by atoms with Crippen molar-refractivity contribution in [1.29, 1.82) is 0 Å². The molecular weight excluding hydrogens is 208 g/mol. The van der Waals surface area contributed by atoms with Crippen LogP contribution in [0, 0.1) is 5.92 Å². The minimum absolute atomic E-state index is 0.0140. The molecular formula is C11H22N2O3. The van der Waals surface area contributed by atoms with E-state index in [9.17, 15) is 9.90 Å². The largest absolute Gasteiger partial charge is 0.393 e. The summed E-state index contributed by atoms with van der Waals surface area (Å²) in [6, 6.07) is 0.107. The van der Waals surface area contributed by atoms with E-state index in [4.69, 9.17) is 4.74 Å². The van der Waals surface area contributed by atoms with Crippen molar-refractivity contribution >= 4 is 5.91 Å². The van der Waals surface area contributed by atoms with Gasteiger partial charge in [0.25, 0.3) is 0 Å². The van der Waals surface area contributed by atoms with Crippen molar-refractivity contribution in [2.45, 2.75) is 31.9 Å². The van der Waals surface area contributed by atoms with Gasteiger partial charge in [-0.2, -0.15) is 0 Å². The second-order valence-corrected chi connectivity index (χ2v) is 4.18. The Morgan fingerprint density at radius 3 is 2.94 bits per heavy atom. The van der Waals surface area contributed by atoms with Gasteiger partial charge in [0.1, 0.15) is 0 Å². The Bertz CT molecular complexity index is 223. The Labute approximate surface area is 96.6 Å². The Morgan fingerprint density at radius 2 is 2.31 bits per heavy atom. The molecule has 0 aliphatic carbocycles. The zero-order chi connectivity index (χ0) is 12.0. The fourth-order valence-electron chi connectivity index (χ4n) is 1.79. The standard InChI is InChI=1S/C11H22N2O3/c1-3-8(14)4-5-13-11(15)9-6-16-7-10(9)12-2/h8-10,12,14H,3-7H2,1-2H3,(H,13,15). The van der Waals surface area contributed by atoms with Crippen LogP contribution in [0.1, 0.15) is 19.8 Å². The summed E-state index contributed by atoms with van der Waals surface area (Å²) < 4.78 is 5.26. The van der Waals surface area contributed by atoms with E-state index >= 15 is 0 Å². The predicted octanol–water partition coefficient (Wildman–Crippen LogP) is -0.502. The van der Waals surface area contributed by atoms with Crippen LogP contribution >= 0.6 is 0 Å². The molecule has 0 aromatic rings. The minimum atomic E-state index is -0.319. The third-order valence-corrected chi connectivity index (χ3v) is 3.04. The highest BCUT2D eigenvalue weighted by Gasteiger charge is 2.32. The molecule has 3 unspecified atom stereocenters.